The van der Waals surface area contributed by atoms with Crippen LogP contribution in [-0.4, -0.2) is 25.1 Å². The van der Waals surface area contributed by atoms with Crippen LogP contribution in [0.4, 0.5) is 0 Å². The minimum Gasteiger partial charge on any atom is -0.299 e. The molecule has 12 rings (SSSR count). The summed E-state index contributed by atoms with van der Waals surface area (Å²) >= 11 is 0. The van der Waals surface area contributed by atoms with Gasteiger partial charge >= 0.3 is 0 Å². The second kappa shape index (κ2) is 18.5. The molecular formula is C64H47N5. The zero-order valence-corrected chi connectivity index (χ0v) is 38.0. The molecule has 69 heavy (non-hydrogen) atoms. The van der Waals surface area contributed by atoms with E-state index in [1.165, 1.54) is 33.4 Å². The predicted octanol–water partition coefficient (Wildman–Crippen LogP) is 16.0. The van der Waals surface area contributed by atoms with Crippen LogP contribution in [0.3, 0.4) is 0 Å². The van der Waals surface area contributed by atoms with E-state index in [9.17, 15) is 0 Å². The topological polar surface area (TPSA) is 55.4 Å². The normalized spacial score (nSPS) is 14.6. The van der Waals surface area contributed by atoms with Crippen molar-refractivity contribution in [2.45, 2.75) is 19.3 Å². The molecule has 0 radical (unpaired) electrons. The van der Waals surface area contributed by atoms with Crippen LogP contribution < -0.4 is 0 Å². The Morgan fingerprint density at radius 1 is 0.420 bits per heavy atom. The summed E-state index contributed by atoms with van der Waals surface area (Å²) in [5, 5.41) is 0. The van der Waals surface area contributed by atoms with E-state index in [1.54, 1.807) is 0 Å². The molecule has 0 fully saturated rings. The molecule has 2 aliphatic rings. The molecule has 5 heteroatoms. The predicted molar refractivity (Wildman–Crippen MR) is 285 cm³/mol. The largest absolute Gasteiger partial charge is 0.299 e. The Kier molecular flexibility index (Phi) is 11.1. The standard InChI is InChI=1S/C64H47N5/c1-2-13-23-56-42-55(22-6-1)60(50-33-25-46(26-34-50)44-16-7-3-8-17-44)61(65-56)51-35-29-48(30-36-51)57-43-58(67-64(66-57)54-20-11-5-12-21-54)49-31-37-52(38-32-49)62-63(69-41-15-14-24-59(69)68-62)53-39-27-47(28-40-53)45-18-9-4-10-19-45/h1-5,7-21,23-41,43,55H,6,22,42H2. The Labute approximate surface area is 402 Å². The number of fused-ring (bicyclic) bond motifs is 3. The number of allylic oxidation sites excluding steroid dienone is 5. The highest BCUT2D eigenvalue weighted by molar-refractivity contribution is 6.07. The molecule has 0 saturated heterocycles. The molecule has 0 amide bonds. The molecule has 4 heterocycles. The van der Waals surface area contributed by atoms with Gasteiger partial charge in [0.25, 0.3) is 0 Å². The van der Waals surface area contributed by atoms with E-state index in [-0.39, 0.29) is 0 Å². The maximum Gasteiger partial charge on any atom is 0.160 e. The highest BCUT2D eigenvalue weighted by Crippen LogP contribution is 2.43. The second-order valence-electron chi connectivity index (χ2n) is 17.7. The van der Waals surface area contributed by atoms with Crippen molar-refractivity contribution < 1.29 is 0 Å². The molecule has 5 nitrogen and oxygen atoms in total. The van der Waals surface area contributed by atoms with E-state index in [0.29, 0.717) is 11.7 Å². The molecular weight excluding hydrogens is 839 g/mol. The van der Waals surface area contributed by atoms with Gasteiger partial charge in [-0.1, -0.05) is 212 Å². The van der Waals surface area contributed by atoms with Gasteiger partial charge in [-0.25, -0.2) is 15.0 Å². The molecule has 0 N–H and O–H groups in total. The first-order valence-corrected chi connectivity index (χ1v) is 23.8. The summed E-state index contributed by atoms with van der Waals surface area (Å²) in [4.78, 5) is 20.9. The number of benzene rings is 7. The summed E-state index contributed by atoms with van der Waals surface area (Å²) in [7, 11) is 0. The van der Waals surface area contributed by atoms with Crippen LogP contribution in [0.2, 0.25) is 0 Å². The maximum atomic E-state index is 5.39. The van der Waals surface area contributed by atoms with Crippen molar-refractivity contribution >= 4 is 22.6 Å². The fraction of sp³-hybridized carbons (Fsp3) is 0.0625. The molecule has 7 aromatic carbocycles. The van der Waals surface area contributed by atoms with Crippen LogP contribution in [0.25, 0.3) is 95.6 Å². The lowest BCUT2D eigenvalue weighted by Crippen LogP contribution is -2.15. The van der Waals surface area contributed by atoms with Crippen molar-refractivity contribution in [3.05, 3.63) is 254 Å². The number of rotatable bonds is 9. The van der Waals surface area contributed by atoms with Crippen LogP contribution in [0.15, 0.2) is 248 Å². The van der Waals surface area contributed by atoms with Gasteiger partial charge in [0, 0.05) is 45.3 Å². The van der Waals surface area contributed by atoms with Crippen molar-refractivity contribution in [3.8, 4) is 78.7 Å². The number of aromatic nitrogens is 4. The molecule has 1 atom stereocenters. The summed E-state index contributed by atoms with van der Waals surface area (Å²) < 4.78 is 2.18. The Hall–Kier alpha value is -8.80. The van der Waals surface area contributed by atoms with Crippen molar-refractivity contribution in [3.63, 3.8) is 0 Å². The summed E-state index contributed by atoms with van der Waals surface area (Å²) in [5.41, 5.74) is 20.3. The third-order valence-corrected chi connectivity index (χ3v) is 13.4. The smallest absolute Gasteiger partial charge is 0.160 e. The number of hydrogen-bond acceptors (Lipinski definition) is 4. The highest BCUT2D eigenvalue weighted by atomic mass is 15.0. The SMILES string of the molecule is C1=CCCC2CC(=NC(c3ccc(-c4cc(-c5ccc(-c6nc7ccccn7c6-c6ccc(-c7ccccc7)cc6)cc5)nc(-c5ccccc5)n4)cc3)=C2c2ccc(-c3ccccc3)cc2)C=C1. The van der Waals surface area contributed by atoms with E-state index < -0.39 is 0 Å². The van der Waals surface area contributed by atoms with E-state index in [1.807, 2.05) is 24.3 Å². The van der Waals surface area contributed by atoms with Crippen LogP contribution in [0, 0.1) is 5.92 Å². The van der Waals surface area contributed by atoms with Gasteiger partial charge in [0.1, 0.15) is 5.65 Å². The Balaban J connectivity index is 0.905. The van der Waals surface area contributed by atoms with E-state index in [2.05, 4.69) is 223 Å². The van der Waals surface area contributed by atoms with Gasteiger partial charge in [-0.05, 0) is 82.8 Å². The van der Waals surface area contributed by atoms with Gasteiger partial charge in [0.15, 0.2) is 5.82 Å². The number of imidazole rings is 1. The van der Waals surface area contributed by atoms with E-state index in [4.69, 9.17) is 19.9 Å². The van der Waals surface area contributed by atoms with E-state index in [0.717, 1.165) is 92.5 Å². The van der Waals surface area contributed by atoms with Crippen molar-refractivity contribution in [1.29, 1.82) is 0 Å². The molecule has 10 aromatic rings. The summed E-state index contributed by atoms with van der Waals surface area (Å²) in [6.07, 6.45) is 13.8. The molecule has 0 spiro atoms. The number of hydrogen-bond donors (Lipinski definition) is 0. The zero-order chi connectivity index (χ0) is 45.9. The fourth-order valence-corrected chi connectivity index (χ4v) is 9.83. The lowest BCUT2D eigenvalue weighted by Gasteiger charge is -2.27. The molecule has 1 unspecified atom stereocenters. The first-order valence-electron chi connectivity index (χ1n) is 23.8. The van der Waals surface area contributed by atoms with Crippen LogP contribution in [0.1, 0.15) is 30.4 Å². The third-order valence-electron chi connectivity index (χ3n) is 13.4. The van der Waals surface area contributed by atoms with Crippen molar-refractivity contribution in [1.82, 2.24) is 19.4 Å². The molecule has 0 saturated carbocycles. The highest BCUT2D eigenvalue weighted by Gasteiger charge is 2.27. The molecule has 1 aliphatic heterocycles. The molecule has 1 aliphatic carbocycles. The summed E-state index contributed by atoms with van der Waals surface area (Å²) in [5.74, 6) is 1.02. The zero-order valence-electron chi connectivity index (χ0n) is 38.0. The van der Waals surface area contributed by atoms with Gasteiger partial charge in [-0.2, -0.15) is 0 Å². The van der Waals surface area contributed by atoms with E-state index >= 15 is 0 Å². The van der Waals surface area contributed by atoms with Crippen molar-refractivity contribution in [2.75, 3.05) is 0 Å². The monoisotopic (exact) mass is 885 g/mol. The first kappa shape index (κ1) is 41.6. The number of aliphatic imine (C=N–C) groups is 1. The van der Waals surface area contributed by atoms with Gasteiger partial charge in [-0.15, -0.1) is 0 Å². The number of nitrogens with zero attached hydrogens (tertiary/aromatic N) is 5. The van der Waals surface area contributed by atoms with Crippen LogP contribution in [-0.2, 0) is 0 Å². The Bertz CT molecular complexity index is 3570. The minimum absolute atomic E-state index is 0.345. The Morgan fingerprint density at radius 2 is 0.928 bits per heavy atom. The van der Waals surface area contributed by atoms with Crippen LogP contribution in [0.5, 0.6) is 0 Å². The molecule has 2 bridgehead atoms. The average molecular weight is 886 g/mol. The van der Waals surface area contributed by atoms with Crippen LogP contribution >= 0.6 is 0 Å². The summed E-state index contributed by atoms with van der Waals surface area (Å²) in [6, 6.07) is 74.9. The quantitative estimate of drug-likeness (QED) is 0.145. The number of pyridine rings is 1. The summed E-state index contributed by atoms with van der Waals surface area (Å²) in [6.45, 7) is 0. The first-order chi connectivity index (χ1) is 34.2. The van der Waals surface area contributed by atoms with Gasteiger partial charge < -0.3 is 0 Å². The van der Waals surface area contributed by atoms with Gasteiger partial charge in [-0.3, -0.25) is 9.39 Å². The van der Waals surface area contributed by atoms with Gasteiger partial charge in [0.05, 0.1) is 28.5 Å². The lowest BCUT2D eigenvalue weighted by molar-refractivity contribution is 0.636. The molecule has 328 valence electrons. The Morgan fingerprint density at radius 3 is 1.55 bits per heavy atom. The second-order valence-corrected chi connectivity index (χ2v) is 17.7. The minimum atomic E-state index is 0.345. The average Bonchev–Trinajstić information content (AvgIpc) is 3.85. The fourth-order valence-electron chi connectivity index (χ4n) is 9.83. The lowest BCUT2D eigenvalue weighted by atomic mass is 9.80. The third kappa shape index (κ3) is 8.47. The van der Waals surface area contributed by atoms with Crippen molar-refractivity contribution in [2.24, 2.45) is 10.9 Å². The van der Waals surface area contributed by atoms with Gasteiger partial charge in [0.2, 0.25) is 0 Å². The maximum absolute atomic E-state index is 5.39. The molecule has 3 aromatic heterocycles.